The Morgan fingerprint density at radius 3 is 2.83 bits per heavy atom. The third kappa shape index (κ3) is 3.48. The molecule has 24 heavy (non-hydrogen) atoms. The first-order valence-electron chi connectivity index (χ1n) is 7.99. The highest BCUT2D eigenvalue weighted by Gasteiger charge is 2.28. The van der Waals surface area contributed by atoms with E-state index in [1.807, 2.05) is 23.4 Å². The van der Waals surface area contributed by atoms with Crippen molar-refractivity contribution in [3.05, 3.63) is 28.5 Å². The van der Waals surface area contributed by atoms with E-state index in [0.717, 1.165) is 30.8 Å². The number of carbonyl (C=O) groups excluding carboxylic acids is 2. The second-order valence-corrected chi connectivity index (χ2v) is 7.00. The molecule has 1 aliphatic heterocycles. The van der Waals surface area contributed by atoms with Crippen LogP contribution in [0.15, 0.2) is 11.4 Å². The van der Waals surface area contributed by atoms with Crippen LogP contribution in [0.4, 0.5) is 5.13 Å². The molecular formula is C16H21N5O2S. The summed E-state index contributed by atoms with van der Waals surface area (Å²) in [6, 6.07) is 2.26. The van der Waals surface area contributed by atoms with Crippen molar-refractivity contribution in [2.24, 2.45) is 0 Å². The number of likely N-dealkylation sites (tertiary alicyclic amines) is 1. The van der Waals surface area contributed by atoms with Gasteiger partial charge < -0.3 is 10.2 Å². The van der Waals surface area contributed by atoms with Gasteiger partial charge in [0.25, 0.3) is 5.91 Å². The van der Waals surface area contributed by atoms with Crippen LogP contribution in [-0.4, -0.2) is 44.6 Å². The third-order valence-electron chi connectivity index (χ3n) is 4.08. The Labute approximate surface area is 144 Å². The van der Waals surface area contributed by atoms with Crippen LogP contribution in [0.1, 0.15) is 47.7 Å². The molecule has 1 fully saturated rings. The van der Waals surface area contributed by atoms with Gasteiger partial charge in [-0.25, -0.2) is 4.98 Å². The number of amides is 2. The summed E-state index contributed by atoms with van der Waals surface area (Å²) in [5.41, 5.74) is 2.50. The predicted molar refractivity (Wildman–Crippen MR) is 92.3 cm³/mol. The van der Waals surface area contributed by atoms with Gasteiger partial charge in [0, 0.05) is 31.1 Å². The van der Waals surface area contributed by atoms with E-state index in [4.69, 9.17) is 0 Å². The normalized spacial score (nSPS) is 17.8. The summed E-state index contributed by atoms with van der Waals surface area (Å²) < 4.78 is 2.03. The molecule has 0 saturated carbocycles. The van der Waals surface area contributed by atoms with Gasteiger partial charge in [-0.15, -0.1) is 11.3 Å². The van der Waals surface area contributed by atoms with Gasteiger partial charge in [-0.3, -0.25) is 14.3 Å². The molecule has 0 aromatic carbocycles. The average molecular weight is 347 g/mol. The number of nitrogens with one attached hydrogen (secondary N) is 1. The molecule has 0 spiro atoms. The van der Waals surface area contributed by atoms with E-state index in [1.165, 1.54) is 18.3 Å². The quantitative estimate of drug-likeness (QED) is 0.924. The molecule has 0 radical (unpaired) electrons. The van der Waals surface area contributed by atoms with Crippen molar-refractivity contribution < 1.29 is 9.59 Å². The lowest BCUT2D eigenvalue weighted by Crippen LogP contribution is -2.41. The second kappa shape index (κ2) is 6.72. The van der Waals surface area contributed by atoms with Gasteiger partial charge in [0.05, 0.1) is 11.7 Å². The van der Waals surface area contributed by atoms with Crippen molar-refractivity contribution in [2.75, 3.05) is 18.4 Å². The zero-order chi connectivity index (χ0) is 17.3. The summed E-state index contributed by atoms with van der Waals surface area (Å²) in [6.45, 7) is 6.80. The molecule has 2 amide bonds. The molecule has 8 heteroatoms. The molecule has 1 aliphatic rings. The summed E-state index contributed by atoms with van der Waals surface area (Å²) in [5.74, 6) is -0.278. The Hall–Kier alpha value is -2.22. The lowest BCUT2D eigenvalue weighted by molar-refractivity contribution is -0.114. The Morgan fingerprint density at radius 1 is 1.38 bits per heavy atom. The number of anilines is 1. The van der Waals surface area contributed by atoms with E-state index in [2.05, 4.69) is 21.5 Å². The van der Waals surface area contributed by atoms with Crippen molar-refractivity contribution in [3.8, 4) is 0 Å². The van der Waals surface area contributed by atoms with Crippen LogP contribution < -0.4 is 5.32 Å². The van der Waals surface area contributed by atoms with Crippen LogP contribution in [0.25, 0.3) is 0 Å². The fourth-order valence-corrected chi connectivity index (χ4v) is 3.83. The highest BCUT2D eigenvalue weighted by atomic mass is 32.1. The fraction of sp³-hybridized carbons (Fsp3) is 0.500. The summed E-state index contributed by atoms with van der Waals surface area (Å²) >= 11 is 1.27. The minimum atomic E-state index is -0.189. The van der Waals surface area contributed by atoms with Gasteiger partial charge in [-0.2, -0.15) is 5.10 Å². The van der Waals surface area contributed by atoms with Crippen LogP contribution in [0.5, 0.6) is 0 Å². The average Bonchev–Trinajstić information content (AvgIpc) is 3.12. The molecule has 1 saturated heterocycles. The molecular weight excluding hydrogens is 326 g/mol. The Balaban J connectivity index is 1.72. The molecule has 2 aromatic heterocycles. The maximum atomic E-state index is 12.7. The summed E-state index contributed by atoms with van der Waals surface area (Å²) in [7, 11) is 0. The summed E-state index contributed by atoms with van der Waals surface area (Å²) in [5, 5.41) is 9.32. The van der Waals surface area contributed by atoms with Crippen LogP contribution in [-0.2, 0) is 4.79 Å². The largest absolute Gasteiger partial charge is 0.335 e. The van der Waals surface area contributed by atoms with Crippen LogP contribution in [0.3, 0.4) is 0 Å². The number of hydrogen-bond acceptors (Lipinski definition) is 5. The van der Waals surface area contributed by atoms with Gasteiger partial charge >= 0.3 is 0 Å². The van der Waals surface area contributed by atoms with Crippen LogP contribution >= 0.6 is 11.3 Å². The third-order valence-corrected chi connectivity index (χ3v) is 4.84. The molecule has 0 aliphatic carbocycles. The predicted octanol–water partition coefficient (Wildman–Crippen LogP) is 2.39. The second-order valence-electron chi connectivity index (χ2n) is 6.14. The lowest BCUT2D eigenvalue weighted by Gasteiger charge is -2.33. The summed E-state index contributed by atoms with van der Waals surface area (Å²) in [6.07, 6.45) is 1.96. The molecule has 1 N–H and O–H groups in total. The zero-order valence-electron chi connectivity index (χ0n) is 14.1. The van der Waals surface area contributed by atoms with Crippen molar-refractivity contribution in [2.45, 2.75) is 39.7 Å². The number of nitrogens with zero attached hydrogens (tertiary/aromatic N) is 4. The topological polar surface area (TPSA) is 80.1 Å². The first-order chi connectivity index (χ1) is 11.4. The number of rotatable bonds is 3. The molecule has 2 aromatic rings. The number of hydrogen-bond donors (Lipinski definition) is 1. The number of aryl methyl sites for hydroxylation is 2. The summed E-state index contributed by atoms with van der Waals surface area (Å²) in [4.78, 5) is 29.8. The van der Waals surface area contributed by atoms with E-state index in [0.29, 0.717) is 17.4 Å². The monoisotopic (exact) mass is 347 g/mol. The first kappa shape index (κ1) is 16.6. The van der Waals surface area contributed by atoms with Gasteiger partial charge in [-0.1, -0.05) is 0 Å². The van der Waals surface area contributed by atoms with E-state index in [1.54, 1.807) is 5.38 Å². The minimum absolute atomic E-state index is 0.0888. The molecule has 1 atom stereocenters. The Bertz CT molecular complexity index is 766. The van der Waals surface area contributed by atoms with E-state index < -0.39 is 0 Å². The highest BCUT2D eigenvalue weighted by molar-refractivity contribution is 7.14. The van der Waals surface area contributed by atoms with Gasteiger partial charge in [0.1, 0.15) is 5.69 Å². The number of piperidine rings is 1. The number of aromatic nitrogens is 3. The van der Waals surface area contributed by atoms with E-state index >= 15 is 0 Å². The SMILES string of the molecule is CC(=O)Nc1nc(C(=O)N2CCC[C@H](n3nc(C)cc3C)C2)cs1. The van der Waals surface area contributed by atoms with Crippen molar-refractivity contribution in [1.82, 2.24) is 19.7 Å². The van der Waals surface area contributed by atoms with Crippen molar-refractivity contribution in [3.63, 3.8) is 0 Å². The number of carbonyl (C=O) groups is 2. The maximum Gasteiger partial charge on any atom is 0.273 e. The van der Waals surface area contributed by atoms with Gasteiger partial charge in [-0.05, 0) is 32.8 Å². The fourth-order valence-electron chi connectivity index (χ4n) is 3.10. The van der Waals surface area contributed by atoms with E-state index in [9.17, 15) is 9.59 Å². The molecule has 3 heterocycles. The van der Waals surface area contributed by atoms with Crippen molar-refractivity contribution >= 4 is 28.3 Å². The molecule has 0 unspecified atom stereocenters. The highest BCUT2D eigenvalue weighted by Crippen LogP contribution is 2.25. The molecule has 128 valence electrons. The van der Waals surface area contributed by atoms with E-state index in [-0.39, 0.29) is 17.9 Å². The lowest BCUT2D eigenvalue weighted by atomic mass is 10.1. The minimum Gasteiger partial charge on any atom is -0.335 e. The van der Waals surface area contributed by atoms with Crippen molar-refractivity contribution in [1.29, 1.82) is 0 Å². The zero-order valence-corrected chi connectivity index (χ0v) is 14.9. The maximum absolute atomic E-state index is 12.7. The van der Waals surface area contributed by atoms with Gasteiger partial charge in [0.2, 0.25) is 5.91 Å². The molecule has 3 rings (SSSR count). The van der Waals surface area contributed by atoms with Crippen LogP contribution in [0.2, 0.25) is 0 Å². The Morgan fingerprint density at radius 2 is 2.17 bits per heavy atom. The number of thiazole rings is 1. The smallest absolute Gasteiger partial charge is 0.273 e. The Kier molecular flexibility index (Phi) is 4.66. The molecule has 0 bridgehead atoms. The standard InChI is InChI=1S/C16H21N5O2S/c1-10-7-11(2)21(19-10)13-5-4-6-20(8-13)15(23)14-9-24-16(18-14)17-12(3)22/h7,9,13H,4-6,8H2,1-3H3,(H,17,18,22)/t13-/m0/s1. The van der Waals surface area contributed by atoms with Crippen LogP contribution in [0, 0.1) is 13.8 Å². The first-order valence-corrected chi connectivity index (χ1v) is 8.87. The molecule has 7 nitrogen and oxygen atoms in total. The van der Waals surface area contributed by atoms with Gasteiger partial charge in [0.15, 0.2) is 5.13 Å².